The number of hydrogen-bond donors (Lipinski definition) is 2. The Hall–Kier alpha value is -2.31. The molecule has 112 valence electrons. The number of aromatic nitrogens is 2. The van der Waals surface area contributed by atoms with Gasteiger partial charge in [-0.15, -0.1) is 0 Å². The number of ether oxygens (including phenoxy) is 1. The van der Waals surface area contributed by atoms with Crippen LogP contribution in [-0.2, 0) is 0 Å². The highest BCUT2D eigenvalue weighted by Crippen LogP contribution is 2.37. The van der Waals surface area contributed by atoms with E-state index in [-0.39, 0.29) is 0 Å². The SMILES string of the molecule is NNc1ncnc(OCC(F)(F)C(F)(F)F)c1[N+](=O)[O-]. The van der Waals surface area contributed by atoms with Crippen molar-refractivity contribution in [1.82, 2.24) is 9.97 Å². The lowest BCUT2D eigenvalue weighted by atomic mass is 10.3. The Morgan fingerprint density at radius 2 is 1.95 bits per heavy atom. The zero-order valence-corrected chi connectivity index (χ0v) is 9.32. The van der Waals surface area contributed by atoms with E-state index in [4.69, 9.17) is 5.84 Å². The third-order valence-electron chi connectivity index (χ3n) is 1.91. The van der Waals surface area contributed by atoms with Gasteiger partial charge in [0.15, 0.2) is 6.61 Å². The first-order valence-corrected chi connectivity index (χ1v) is 4.63. The van der Waals surface area contributed by atoms with Crippen molar-refractivity contribution in [1.29, 1.82) is 0 Å². The monoisotopic (exact) mass is 303 g/mol. The molecule has 1 aromatic rings. The smallest absolute Gasteiger partial charge is 0.456 e. The van der Waals surface area contributed by atoms with Crippen LogP contribution in [0.1, 0.15) is 0 Å². The van der Waals surface area contributed by atoms with Crippen LogP contribution in [-0.4, -0.2) is 33.6 Å². The molecule has 0 saturated heterocycles. The van der Waals surface area contributed by atoms with Gasteiger partial charge in [-0.2, -0.15) is 26.9 Å². The Morgan fingerprint density at radius 1 is 1.35 bits per heavy atom. The van der Waals surface area contributed by atoms with Crippen molar-refractivity contribution in [3.8, 4) is 5.88 Å². The molecule has 3 N–H and O–H groups in total. The molecule has 13 heteroatoms. The topological polar surface area (TPSA) is 116 Å². The highest BCUT2D eigenvalue weighted by molar-refractivity contribution is 5.60. The van der Waals surface area contributed by atoms with E-state index in [1.165, 1.54) is 0 Å². The molecular formula is C7H6F5N5O3. The maximum absolute atomic E-state index is 12.6. The van der Waals surface area contributed by atoms with Crippen molar-refractivity contribution in [3.63, 3.8) is 0 Å². The molecule has 0 saturated carbocycles. The van der Waals surface area contributed by atoms with Crippen LogP contribution in [0.2, 0.25) is 0 Å². The number of rotatable bonds is 5. The zero-order valence-electron chi connectivity index (χ0n) is 9.32. The molecular weight excluding hydrogens is 297 g/mol. The molecule has 0 fully saturated rings. The standard InChI is InChI=1S/C7H6F5N5O3/c8-6(9,7(10,11)12)1-20-5-3(17(18)19)4(16-13)14-2-15-5/h2H,1,13H2,(H,14,15,16). The first-order chi connectivity index (χ1) is 9.10. The summed E-state index contributed by atoms with van der Waals surface area (Å²) >= 11 is 0. The summed E-state index contributed by atoms with van der Waals surface area (Å²) in [4.78, 5) is 15.9. The highest BCUT2D eigenvalue weighted by atomic mass is 19.4. The van der Waals surface area contributed by atoms with E-state index in [0.29, 0.717) is 6.33 Å². The zero-order chi connectivity index (χ0) is 15.6. The lowest BCUT2D eigenvalue weighted by Gasteiger charge is -2.19. The number of hydrazine groups is 1. The van der Waals surface area contributed by atoms with Gasteiger partial charge in [-0.3, -0.25) is 10.1 Å². The normalized spacial score (nSPS) is 12.1. The van der Waals surface area contributed by atoms with Gasteiger partial charge in [-0.1, -0.05) is 0 Å². The number of nitrogens with one attached hydrogen (secondary N) is 1. The maximum Gasteiger partial charge on any atom is 0.456 e. The molecule has 0 aliphatic carbocycles. The number of halogens is 5. The lowest BCUT2D eigenvalue weighted by Crippen LogP contribution is -2.42. The number of nitro groups is 1. The minimum Gasteiger partial charge on any atom is -0.466 e. The largest absolute Gasteiger partial charge is 0.466 e. The molecule has 20 heavy (non-hydrogen) atoms. The molecule has 0 bridgehead atoms. The van der Waals surface area contributed by atoms with Gasteiger partial charge in [0.1, 0.15) is 6.33 Å². The van der Waals surface area contributed by atoms with Crippen molar-refractivity contribution in [2.75, 3.05) is 12.0 Å². The fraction of sp³-hybridized carbons (Fsp3) is 0.429. The molecule has 0 aliphatic rings. The van der Waals surface area contributed by atoms with Crippen molar-refractivity contribution < 1.29 is 31.6 Å². The molecule has 1 heterocycles. The lowest BCUT2D eigenvalue weighted by molar-refractivity contribution is -0.385. The molecule has 8 nitrogen and oxygen atoms in total. The summed E-state index contributed by atoms with van der Waals surface area (Å²) in [5.74, 6) is -1.98. The van der Waals surface area contributed by atoms with Gasteiger partial charge in [0, 0.05) is 0 Å². The number of nitrogen functional groups attached to an aromatic ring is 1. The highest BCUT2D eigenvalue weighted by Gasteiger charge is 2.58. The van der Waals surface area contributed by atoms with E-state index in [0.717, 1.165) is 0 Å². The molecule has 1 aromatic heterocycles. The first kappa shape index (κ1) is 15.7. The van der Waals surface area contributed by atoms with Crippen molar-refractivity contribution in [2.45, 2.75) is 12.1 Å². The summed E-state index contributed by atoms with van der Waals surface area (Å²) in [6.45, 7) is -2.17. The molecule has 0 amide bonds. The van der Waals surface area contributed by atoms with Gasteiger partial charge in [0.25, 0.3) is 5.88 Å². The van der Waals surface area contributed by atoms with Gasteiger partial charge >= 0.3 is 17.8 Å². The predicted molar refractivity (Wildman–Crippen MR) is 53.0 cm³/mol. The quantitative estimate of drug-likeness (QED) is 0.364. The Kier molecular flexibility index (Phi) is 4.22. The molecule has 0 aromatic carbocycles. The second kappa shape index (κ2) is 5.36. The molecule has 1 rings (SSSR count). The van der Waals surface area contributed by atoms with Crippen LogP contribution in [0.15, 0.2) is 6.33 Å². The second-order valence-electron chi connectivity index (χ2n) is 3.27. The van der Waals surface area contributed by atoms with E-state index in [1.54, 1.807) is 5.43 Å². The van der Waals surface area contributed by atoms with Crippen LogP contribution >= 0.6 is 0 Å². The van der Waals surface area contributed by atoms with Crippen LogP contribution in [0.5, 0.6) is 5.88 Å². The Morgan fingerprint density at radius 3 is 2.40 bits per heavy atom. The number of nitrogens with two attached hydrogens (primary N) is 1. The van der Waals surface area contributed by atoms with Crippen LogP contribution in [0.4, 0.5) is 33.5 Å². The second-order valence-corrected chi connectivity index (χ2v) is 3.27. The average molecular weight is 303 g/mol. The maximum atomic E-state index is 12.6. The van der Waals surface area contributed by atoms with Gasteiger partial charge < -0.3 is 10.2 Å². The fourth-order valence-corrected chi connectivity index (χ4v) is 0.979. The van der Waals surface area contributed by atoms with Gasteiger partial charge in [0.2, 0.25) is 5.82 Å². The average Bonchev–Trinajstić information content (AvgIpc) is 2.34. The number of anilines is 1. The van der Waals surface area contributed by atoms with E-state index in [9.17, 15) is 32.1 Å². The third-order valence-corrected chi connectivity index (χ3v) is 1.91. The van der Waals surface area contributed by atoms with Gasteiger partial charge in [-0.05, 0) is 0 Å². The third kappa shape index (κ3) is 3.17. The Labute approximate surface area is 106 Å². The first-order valence-electron chi connectivity index (χ1n) is 4.63. The summed E-state index contributed by atoms with van der Waals surface area (Å²) < 4.78 is 65.1. The molecule has 0 aliphatic heterocycles. The van der Waals surface area contributed by atoms with Crippen molar-refractivity contribution in [2.24, 2.45) is 5.84 Å². The molecule has 0 radical (unpaired) electrons. The van der Waals surface area contributed by atoms with E-state index in [2.05, 4.69) is 14.7 Å². The molecule has 0 spiro atoms. The number of alkyl halides is 5. The number of nitrogens with zero attached hydrogens (tertiary/aromatic N) is 3. The summed E-state index contributed by atoms with van der Waals surface area (Å²) in [7, 11) is 0. The predicted octanol–water partition coefficient (Wildman–Crippen LogP) is 1.25. The summed E-state index contributed by atoms with van der Waals surface area (Å²) in [5.41, 5.74) is 0.700. The molecule has 0 atom stereocenters. The Balaban J connectivity index is 3.02. The van der Waals surface area contributed by atoms with Crippen molar-refractivity contribution in [3.05, 3.63) is 16.4 Å². The summed E-state index contributed by atoms with van der Waals surface area (Å²) in [6.07, 6.45) is -5.22. The van der Waals surface area contributed by atoms with Crippen LogP contribution in [0.25, 0.3) is 0 Å². The van der Waals surface area contributed by atoms with E-state index < -0.39 is 41.0 Å². The molecule has 0 unspecified atom stereocenters. The van der Waals surface area contributed by atoms with Crippen molar-refractivity contribution >= 4 is 11.5 Å². The summed E-state index contributed by atoms with van der Waals surface area (Å²) in [5, 5.41) is 10.7. The van der Waals surface area contributed by atoms with Crippen LogP contribution < -0.4 is 16.0 Å². The number of hydrogen-bond acceptors (Lipinski definition) is 7. The Bertz CT molecular complexity index is 508. The van der Waals surface area contributed by atoms with Crippen LogP contribution in [0.3, 0.4) is 0 Å². The van der Waals surface area contributed by atoms with Gasteiger partial charge in [0.05, 0.1) is 4.92 Å². The summed E-state index contributed by atoms with van der Waals surface area (Å²) in [6, 6.07) is 0. The van der Waals surface area contributed by atoms with E-state index >= 15 is 0 Å². The minimum atomic E-state index is -5.86. The van der Waals surface area contributed by atoms with Gasteiger partial charge in [-0.25, -0.2) is 10.8 Å². The van der Waals surface area contributed by atoms with E-state index in [1.807, 2.05) is 0 Å². The van der Waals surface area contributed by atoms with Crippen LogP contribution in [0, 0.1) is 10.1 Å². The fourth-order valence-electron chi connectivity index (χ4n) is 0.979. The minimum absolute atomic E-state index is 0.602.